The first-order chi connectivity index (χ1) is 12.1. The Morgan fingerprint density at radius 2 is 1.76 bits per heavy atom. The summed E-state index contributed by atoms with van der Waals surface area (Å²) in [5, 5.41) is 4.26. The van der Waals surface area contributed by atoms with Crippen LogP contribution in [0.2, 0.25) is 10.0 Å². The first-order valence-electron chi connectivity index (χ1n) is 8.82. The number of nitrogens with one attached hydrogen (secondary N) is 1. The lowest BCUT2D eigenvalue weighted by atomic mass is 9.98. The van der Waals surface area contributed by atoms with E-state index in [4.69, 9.17) is 32.7 Å². The van der Waals surface area contributed by atoms with E-state index in [1.54, 1.807) is 18.2 Å². The quantitative estimate of drug-likeness (QED) is 0.851. The largest absolute Gasteiger partial charge is 0.493 e. The number of halogens is 2. The molecule has 3 rings (SSSR count). The van der Waals surface area contributed by atoms with Crippen LogP contribution in [-0.2, 0) is 4.74 Å². The lowest BCUT2D eigenvalue weighted by molar-refractivity contribution is 0.0765. The Kier molecular flexibility index (Phi) is 6.68. The second-order valence-electron chi connectivity index (χ2n) is 6.68. The minimum atomic E-state index is 0.0490. The summed E-state index contributed by atoms with van der Waals surface area (Å²) < 4.78 is 11.1. The van der Waals surface area contributed by atoms with E-state index in [1.165, 1.54) is 0 Å². The molecule has 138 valence electrons. The van der Waals surface area contributed by atoms with Gasteiger partial charge in [0.2, 0.25) is 0 Å². The zero-order valence-electron chi connectivity index (χ0n) is 14.2. The molecule has 0 saturated carbocycles. The number of amides is 2. The number of carbonyl (C=O) groups excluding carboxylic acids is 1. The summed E-state index contributed by atoms with van der Waals surface area (Å²) >= 11 is 12.0. The summed E-state index contributed by atoms with van der Waals surface area (Å²) in [4.78, 5) is 14.2. The third-order valence-corrected chi connectivity index (χ3v) is 5.21. The van der Waals surface area contributed by atoms with E-state index >= 15 is 0 Å². The molecule has 1 N–H and O–H groups in total. The van der Waals surface area contributed by atoms with Gasteiger partial charge in [-0.3, -0.25) is 0 Å². The van der Waals surface area contributed by atoms with Crippen LogP contribution in [0.25, 0.3) is 0 Å². The molecule has 7 heteroatoms. The fourth-order valence-corrected chi connectivity index (χ4v) is 3.74. The molecule has 2 heterocycles. The molecular weight excluding hydrogens is 363 g/mol. The molecule has 0 radical (unpaired) electrons. The number of nitrogens with zero attached hydrogens (tertiary/aromatic N) is 1. The van der Waals surface area contributed by atoms with Crippen LogP contribution in [0.4, 0.5) is 4.79 Å². The van der Waals surface area contributed by atoms with Crippen molar-refractivity contribution in [2.75, 3.05) is 32.9 Å². The Labute approximate surface area is 158 Å². The van der Waals surface area contributed by atoms with Crippen LogP contribution in [0.3, 0.4) is 0 Å². The number of urea groups is 1. The molecule has 2 aliphatic heterocycles. The van der Waals surface area contributed by atoms with Gasteiger partial charge in [0.25, 0.3) is 0 Å². The Balaban J connectivity index is 1.40. The summed E-state index contributed by atoms with van der Waals surface area (Å²) in [7, 11) is 0. The van der Waals surface area contributed by atoms with Gasteiger partial charge in [-0.1, -0.05) is 23.2 Å². The van der Waals surface area contributed by atoms with E-state index < -0.39 is 0 Å². The van der Waals surface area contributed by atoms with Crippen LogP contribution in [0.15, 0.2) is 18.2 Å². The van der Waals surface area contributed by atoms with Crippen molar-refractivity contribution in [2.45, 2.75) is 31.7 Å². The van der Waals surface area contributed by atoms with Crippen molar-refractivity contribution in [1.29, 1.82) is 0 Å². The van der Waals surface area contributed by atoms with Crippen LogP contribution in [0, 0.1) is 5.92 Å². The molecule has 5 nitrogen and oxygen atoms in total. The average Bonchev–Trinajstić information content (AvgIpc) is 2.60. The van der Waals surface area contributed by atoms with Crippen LogP contribution in [0.5, 0.6) is 5.75 Å². The van der Waals surface area contributed by atoms with Gasteiger partial charge in [0.15, 0.2) is 0 Å². The van der Waals surface area contributed by atoms with Crippen molar-refractivity contribution >= 4 is 29.2 Å². The molecule has 2 fully saturated rings. The minimum absolute atomic E-state index is 0.0490. The fraction of sp³-hybridized carbons (Fsp3) is 0.611. The van der Waals surface area contributed by atoms with Crippen LogP contribution in [0.1, 0.15) is 25.7 Å². The number of piperidine rings is 1. The predicted molar refractivity (Wildman–Crippen MR) is 98.6 cm³/mol. The van der Waals surface area contributed by atoms with Crippen LogP contribution in [-0.4, -0.2) is 49.9 Å². The lowest BCUT2D eigenvalue weighted by Gasteiger charge is -2.33. The fourth-order valence-electron chi connectivity index (χ4n) is 3.24. The summed E-state index contributed by atoms with van der Waals surface area (Å²) in [5.74, 6) is 1.13. The molecule has 2 saturated heterocycles. The van der Waals surface area contributed by atoms with Gasteiger partial charge in [-0.2, -0.15) is 0 Å². The monoisotopic (exact) mass is 386 g/mol. The van der Waals surface area contributed by atoms with E-state index in [1.807, 2.05) is 4.90 Å². The highest BCUT2D eigenvalue weighted by Gasteiger charge is 2.25. The SMILES string of the molecule is O=C(NC1CCOCC1)N1CCC(COc2cc(Cl)cc(Cl)c2)CC1. The highest BCUT2D eigenvalue weighted by Crippen LogP contribution is 2.26. The first kappa shape index (κ1) is 18.6. The smallest absolute Gasteiger partial charge is 0.317 e. The maximum absolute atomic E-state index is 12.3. The molecule has 0 atom stereocenters. The van der Waals surface area contributed by atoms with Gasteiger partial charge in [0.1, 0.15) is 5.75 Å². The number of benzene rings is 1. The minimum Gasteiger partial charge on any atom is -0.493 e. The van der Waals surface area contributed by atoms with Gasteiger partial charge in [0.05, 0.1) is 6.61 Å². The summed E-state index contributed by atoms with van der Waals surface area (Å²) in [6.07, 6.45) is 3.68. The van der Waals surface area contributed by atoms with E-state index in [9.17, 15) is 4.79 Å². The van der Waals surface area contributed by atoms with Gasteiger partial charge in [-0.05, 0) is 49.8 Å². The van der Waals surface area contributed by atoms with Crippen molar-refractivity contribution in [3.63, 3.8) is 0 Å². The van der Waals surface area contributed by atoms with Crippen LogP contribution < -0.4 is 10.1 Å². The Hall–Kier alpha value is -1.17. The third kappa shape index (κ3) is 5.66. The van der Waals surface area contributed by atoms with E-state index in [2.05, 4.69) is 5.32 Å². The molecule has 2 aliphatic rings. The zero-order chi connectivity index (χ0) is 17.6. The Morgan fingerprint density at radius 3 is 2.40 bits per heavy atom. The lowest BCUT2D eigenvalue weighted by Crippen LogP contribution is -2.49. The molecule has 1 aromatic carbocycles. The normalized spacial score (nSPS) is 19.7. The van der Waals surface area contributed by atoms with Gasteiger partial charge in [0, 0.05) is 42.4 Å². The number of likely N-dealkylation sites (tertiary alicyclic amines) is 1. The number of carbonyl (C=O) groups is 1. The molecular formula is C18H24Cl2N2O3. The van der Waals surface area contributed by atoms with E-state index in [0.29, 0.717) is 28.3 Å². The van der Waals surface area contributed by atoms with Crippen molar-refractivity contribution in [3.8, 4) is 5.75 Å². The molecule has 0 spiro atoms. The molecule has 25 heavy (non-hydrogen) atoms. The van der Waals surface area contributed by atoms with Crippen molar-refractivity contribution < 1.29 is 14.3 Å². The topological polar surface area (TPSA) is 50.8 Å². The van der Waals surface area contributed by atoms with Gasteiger partial charge in [-0.15, -0.1) is 0 Å². The summed E-state index contributed by atoms with van der Waals surface area (Å²) in [6.45, 7) is 3.61. The molecule has 0 unspecified atom stereocenters. The van der Waals surface area contributed by atoms with Crippen molar-refractivity contribution in [1.82, 2.24) is 10.2 Å². The molecule has 2 amide bonds. The number of rotatable bonds is 4. The van der Waals surface area contributed by atoms with Crippen LogP contribution >= 0.6 is 23.2 Å². The Morgan fingerprint density at radius 1 is 1.12 bits per heavy atom. The highest BCUT2D eigenvalue weighted by molar-refractivity contribution is 6.34. The molecule has 0 aliphatic carbocycles. The maximum Gasteiger partial charge on any atom is 0.317 e. The first-order valence-corrected chi connectivity index (χ1v) is 9.58. The van der Waals surface area contributed by atoms with Crippen molar-refractivity contribution in [3.05, 3.63) is 28.2 Å². The highest BCUT2D eigenvalue weighted by atomic mass is 35.5. The van der Waals surface area contributed by atoms with E-state index in [-0.39, 0.29) is 12.1 Å². The summed E-state index contributed by atoms with van der Waals surface area (Å²) in [5.41, 5.74) is 0. The molecule has 0 aromatic heterocycles. The van der Waals surface area contributed by atoms with Gasteiger partial charge in [-0.25, -0.2) is 4.79 Å². The van der Waals surface area contributed by atoms with Gasteiger partial charge >= 0.3 is 6.03 Å². The van der Waals surface area contributed by atoms with Crippen molar-refractivity contribution in [2.24, 2.45) is 5.92 Å². The maximum atomic E-state index is 12.3. The standard InChI is InChI=1S/C18H24Cl2N2O3/c19-14-9-15(20)11-17(10-14)25-12-13-1-5-22(6-2-13)18(23)21-16-3-7-24-8-4-16/h9-11,13,16H,1-8,12H2,(H,21,23). The number of hydrogen-bond acceptors (Lipinski definition) is 3. The summed E-state index contributed by atoms with van der Waals surface area (Å²) in [6, 6.07) is 5.52. The second-order valence-corrected chi connectivity index (χ2v) is 7.56. The third-order valence-electron chi connectivity index (χ3n) is 4.77. The number of ether oxygens (including phenoxy) is 2. The zero-order valence-corrected chi connectivity index (χ0v) is 15.7. The average molecular weight is 387 g/mol. The van der Waals surface area contributed by atoms with Gasteiger partial charge < -0.3 is 19.7 Å². The van der Waals surface area contributed by atoms with E-state index in [0.717, 1.165) is 52.0 Å². The molecule has 0 bridgehead atoms. The predicted octanol–water partition coefficient (Wildman–Crippen LogP) is 3.97. The molecule has 1 aromatic rings. The second kappa shape index (κ2) is 8.97. The number of hydrogen-bond donors (Lipinski definition) is 1. The Bertz CT molecular complexity index is 565.